The van der Waals surface area contributed by atoms with Gasteiger partial charge in [-0.25, -0.2) is 14.6 Å². The van der Waals surface area contributed by atoms with Gasteiger partial charge in [-0.2, -0.15) is 0 Å². The molecule has 0 saturated carbocycles. The van der Waals surface area contributed by atoms with Crippen molar-refractivity contribution in [1.82, 2.24) is 29.9 Å². The molecule has 0 radical (unpaired) electrons. The van der Waals surface area contributed by atoms with Crippen LogP contribution in [-0.2, 0) is 11.3 Å². The van der Waals surface area contributed by atoms with E-state index >= 15 is 0 Å². The Labute approximate surface area is 173 Å². The summed E-state index contributed by atoms with van der Waals surface area (Å²) >= 11 is 0. The van der Waals surface area contributed by atoms with Gasteiger partial charge in [0.1, 0.15) is 17.8 Å². The predicted octanol–water partition coefficient (Wildman–Crippen LogP) is 1.57. The number of nitrogens with zero attached hydrogens (tertiary/aromatic N) is 7. The SMILES string of the molecule is Cc1cc(C(=O)N2CCOC(Cn3nnc4c(N5CCCC5)ncnc43)C2)c(C)o1. The molecule has 2 fully saturated rings. The number of carbonyl (C=O) groups is 1. The molecule has 0 spiro atoms. The molecule has 30 heavy (non-hydrogen) atoms. The molecule has 2 aliphatic heterocycles. The average Bonchev–Trinajstić information content (AvgIpc) is 3.48. The highest BCUT2D eigenvalue weighted by molar-refractivity contribution is 5.95. The van der Waals surface area contributed by atoms with E-state index in [2.05, 4.69) is 25.2 Å². The number of fused-ring (bicyclic) bond motifs is 1. The number of morpholine rings is 1. The first-order valence-electron chi connectivity index (χ1n) is 10.4. The first-order valence-corrected chi connectivity index (χ1v) is 10.4. The minimum atomic E-state index is -0.189. The molecular weight excluding hydrogens is 386 g/mol. The van der Waals surface area contributed by atoms with Crippen LogP contribution >= 0.6 is 0 Å². The molecule has 3 aromatic rings. The first-order chi connectivity index (χ1) is 14.6. The molecule has 5 heterocycles. The molecule has 5 rings (SSSR count). The van der Waals surface area contributed by atoms with E-state index in [0.29, 0.717) is 48.7 Å². The summed E-state index contributed by atoms with van der Waals surface area (Å²) in [6, 6.07) is 1.80. The molecule has 2 aliphatic rings. The highest BCUT2D eigenvalue weighted by Gasteiger charge is 2.28. The van der Waals surface area contributed by atoms with Gasteiger partial charge in [-0.05, 0) is 32.8 Å². The van der Waals surface area contributed by atoms with Gasteiger partial charge in [0.2, 0.25) is 0 Å². The summed E-state index contributed by atoms with van der Waals surface area (Å²) in [6.07, 6.45) is 3.70. The number of aromatic nitrogens is 5. The summed E-state index contributed by atoms with van der Waals surface area (Å²) in [6.45, 7) is 7.61. The van der Waals surface area contributed by atoms with Gasteiger partial charge in [0.15, 0.2) is 17.0 Å². The third-order valence-electron chi connectivity index (χ3n) is 5.76. The van der Waals surface area contributed by atoms with Gasteiger partial charge in [-0.3, -0.25) is 4.79 Å². The zero-order valence-corrected chi connectivity index (χ0v) is 17.2. The second-order valence-corrected chi connectivity index (χ2v) is 7.91. The molecule has 0 N–H and O–H groups in total. The van der Waals surface area contributed by atoms with Gasteiger partial charge in [-0.15, -0.1) is 5.10 Å². The Hall–Kier alpha value is -3.01. The second kappa shape index (κ2) is 7.67. The molecule has 1 unspecified atom stereocenters. The maximum Gasteiger partial charge on any atom is 0.257 e. The van der Waals surface area contributed by atoms with Crippen LogP contribution in [0.5, 0.6) is 0 Å². The van der Waals surface area contributed by atoms with Crippen molar-refractivity contribution >= 4 is 22.9 Å². The minimum Gasteiger partial charge on any atom is -0.466 e. The fourth-order valence-electron chi connectivity index (χ4n) is 4.28. The van der Waals surface area contributed by atoms with Crippen LogP contribution in [0.15, 0.2) is 16.8 Å². The van der Waals surface area contributed by atoms with Crippen molar-refractivity contribution in [2.75, 3.05) is 37.7 Å². The van der Waals surface area contributed by atoms with E-state index in [0.717, 1.165) is 37.5 Å². The summed E-state index contributed by atoms with van der Waals surface area (Å²) in [7, 11) is 0. The van der Waals surface area contributed by atoms with E-state index in [1.165, 1.54) is 0 Å². The fraction of sp³-hybridized carbons (Fsp3) is 0.550. The van der Waals surface area contributed by atoms with E-state index in [1.807, 2.05) is 18.7 Å². The molecule has 2 saturated heterocycles. The minimum absolute atomic E-state index is 0.0280. The molecule has 10 heteroatoms. The van der Waals surface area contributed by atoms with Gasteiger partial charge in [0.05, 0.1) is 24.8 Å². The van der Waals surface area contributed by atoms with Crippen molar-refractivity contribution in [3.63, 3.8) is 0 Å². The third-order valence-corrected chi connectivity index (χ3v) is 5.76. The lowest BCUT2D eigenvalue weighted by molar-refractivity contribution is -0.0297. The first kappa shape index (κ1) is 19.0. The van der Waals surface area contributed by atoms with Gasteiger partial charge >= 0.3 is 0 Å². The van der Waals surface area contributed by atoms with E-state index in [9.17, 15) is 4.79 Å². The molecular formula is C20H25N7O3. The number of amides is 1. The molecule has 158 valence electrons. The van der Waals surface area contributed by atoms with Crippen molar-refractivity contribution in [2.24, 2.45) is 0 Å². The van der Waals surface area contributed by atoms with Crippen molar-refractivity contribution in [3.05, 3.63) is 29.5 Å². The topological polar surface area (TPSA) is 102 Å². The normalized spacial score (nSPS) is 19.7. The molecule has 1 amide bonds. The second-order valence-electron chi connectivity index (χ2n) is 7.91. The number of aryl methyl sites for hydroxylation is 2. The van der Waals surface area contributed by atoms with Crippen LogP contribution in [0.1, 0.15) is 34.7 Å². The Bertz CT molecular complexity index is 1070. The number of furan rings is 1. The van der Waals surface area contributed by atoms with Gasteiger partial charge in [0, 0.05) is 26.2 Å². The number of carbonyl (C=O) groups excluding carboxylic acids is 1. The molecule has 10 nitrogen and oxygen atoms in total. The largest absolute Gasteiger partial charge is 0.466 e. The van der Waals surface area contributed by atoms with Gasteiger partial charge in [-0.1, -0.05) is 5.21 Å². The number of hydrogen-bond acceptors (Lipinski definition) is 8. The van der Waals surface area contributed by atoms with Crippen molar-refractivity contribution < 1.29 is 13.9 Å². The highest BCUT2D eigenvalue weighted by atomic mass is 16.5. The van der Waals surface area contributed by atoms with Crippen LogP contribution in [0.3, 0.4) is 0 Å². The zero-order valence-electron chi connectivity index (χ0n) is 17.2. The fourth-order valence-corrected chi connectivity index (χ4v) is 4.28. The van der Waals surface area contributed by atoms with Gasteiger partial charge < -0.3 is 19.0 Å². The number of rotatable bonds is 4. The van der Waals surface area contributed by atoms with E-state index in [1.54, 1.807) is 17.1 Å². The summed E-state index contributed by atoms with van der Waals surface area (Å²) in [5.74, 6) is 2.20. The van der Waals surface area contributed by atoms with Crippen molar-refractivity contribution in [3.8, 4) is 0 Å². The van der Waals surface area contributed by atoms with Crippen molar-refractivity contribution in [2.45, 2.75) is 39.3 Å². The maximum absolute atomic E-state index is 12.9. The Morgan fingerprint density at radius 2 is 2.03 bits per heavy atom. The van der Waals surface area contributed by atoms with Gasteiger partial charge in [0.25, 0.3) is 5.91 Å². The standard InChI is InChI=1S/C20H25N7O3/c1-13-9-16(14(2)30-13)20(28)26-7-8-29-15(10-26)11-27-19-17(23-24-27)18(21-12-22-19)25-5-3-4-6-25/h9,12,15H,3-8,10-11H2,1-2H3. The number of anilines is 1. The Balaban J connectivity index is 1.33. The third kappa shape index (κ3) is 3.41. The van der Waals surface area contributed by atoms with Crippen LogP contribution in [-0.4, -0.2) is 74.7 Å². The Kier molecular flexibility index (Phi) is 4.86. The number of hydrogen-bond donors (Lipinski definition) is 0. The summed E-state index contributed by atoms with van der Waals surface area (Å²) in [4.78, 5) is 25.8. The highest BCUT2D eigenvalue weighted by Crippen LogP contribution is 2.24. The lowest BCUT2D eigenvalue weighted by Gasteiger charge is -2.32. The molecule has 3 aromatic heterocycles. The molecule has 0 aromatic carbocycles. The monoisotopic (exact) mass is 411 g/mol. The Morgan fingerprint density at radius 1 is 1.20 bits per heavy atom. The van der Waals surface area contributed by atoms with Crippen LogP contribution in [0.25, 0.3) is 11.2 Å². The van der Waals surface area contributed by atoms with Crippen LogP contribution in [0.2, 0.25) is 0 Å². The quantitative estimate of drug-likeness (QED) is 0.638. The molecule has 0 aliphatic carbocycles. The average molecular weight is 411 g/mol. The molecule has 0 bridgehead atoms. The predicted molar refractivity (Wildman–Crippen MR) is 108 cm³/mol. The van der Waals surface area contributed by atoms with Crippen LogP contribution in [0.4, 0.5) is 5.82 Å². The van der Waals surface area contributed by atoms with Crippen LogP contribution < -0.4 is 4.90 Å². The van der Waals surface area contributed by atoms with E-state index in [4.69, 9.17) is 9.15 Å². The van der Waals surface area contributed by atoms with E-state index < -0.39 is 0 Å². The summed E-state index contributed by atoms with van der Waals surface area (Å²) in [5, 5.41) is 8.65. The Morgan fingerprint density at radius 3 is 2.80 bits per heavy atom. The van der Waals surface area contributed by atoms with Crippen molar-refractivity contribution in [1.29, 1.82) is 0 Å². The molecule has 1 atom stereocenters. The summed E-state index contributed by atoms with van der Waals surface area (Å²) < 4.78 is 13.2. The summed E-state index contributed by atoms with van der Waals surface area (Å²) in [5.41, 5.74) is 2.02. The smallest absolute Gasteiger partial charge is 0.257 e. The maximum atomic E-state index is 12.9. The van der Waals surface area contributed by atoms with E-state index in [-0.39, 0.29) is 12.0 Å². The lowest BCUT2D eigenvalue weighted by atomic mass is 10.2. The lowest BCUT2D eigenvalue weighted by Crippen LogP contribution is -2.47. The zero-order chi connectivity index (χ0) is 20.7. The van der Waals surface area contributed by atoms with Crippen LogP contribution in [0, 0.1) is 13.8 Å². The number of ether oxygens (including phenoxy) is 1.